The van der Waals surface area contributed by atoms with Crippen LogP contribution in [0.3, 0.4) is 0 Å². The normalized spacial score (nSPS) is 22.7. The Hall–Kier alpha value is -1.56. The van der Waals surface area contributed by atoms with Crippen molar-refractivity contribution in [1.29, 1.82) is 0 Å². The number of benzene rings is 1. The van der Waals surface area contributed by atoms with E-state index < -0.39 is 0 Å². The Morgan fingerprint density at radius 1 is 1.06 bits per heavy atom. The summed E-state index contributed by atoms with van der Waals surface area (Å²) in [5.74, 6) is 0.692. The van der Waals surface area contributed by atoms with Crippen molar-refractivity contribution in [1.82, 2.24) is 0 Å². The van der Waals surface area contributed by atoms with E-state index in [1.807, 2.05) is 0 Å². The molecule has 0 heterocycles. The summed E-state index contributed by atoms with van der Waals surface area (Å²) in [7, 11) is 0. The predicted molar refractivity (Wildman–Crippen MR) is 69.1 cm³/mol. The van der Waals surface area contributed by atoms with Gasteiger partial charge in [0, 0.05) is 0 Å². The van der Waals surface area contributed by atoms with Crippen LogP contribution in [0, 0.1) is 5.92 Å². The molecule has 0 saturated heterocycles. The van der Waals surface area contributed by atoms with E-state index in [0.29, 0.717) is 5.92 Å². The van der Waals surface area contributed by atoms with Gasteiger partial charge in [-0.3, -0.25) is 0 Å². The quantitative estimate of drug-likeness (QED) is 0.601. The molecule has 0 fully saturated rings. The van der Waals surface area contributed by atoms with Crippen LogP contribution >= 0.6 is 0 Å². The minimum atomic E-state index is 0.692. The van der Waals surface area contributed by atoms with Gasteiger partial charge in [-0.05, 0) is 35.5 Å². The Labute approximate surface area is 97.0 Å². The molecule has 3 rings (SSSR count). The van der Waals surface area contributed by atoms with Gasteiger partial charge in [0.2, 0.25) is 0 Å². The topological polar surface area (TPSA) is 0 Å². The Balaban J connectivity index is 2.05. The zero-order valence-electron chi connectivity index (χ0n) is 9.61. The maximum absolute atomic E-state index is 2.32. The molecule has 0 saturated carbocycles. The third-order valence-electron chi connectivity index (χ3n) is 3.48. The first kappa shape index (κ1) is 9.65. The van der Waals surface area contributed by atoms with Gasteiger partial charge in [0.15, 0.2) is 0 Å². The standard InChI is InChI=1S/C16H16/c1-12-6-7-14-9-8-13-4-2-3-5-15(13)11-16(14)10-12/h2-9,12H,10-11H2,1H3. The van der Waals surface area contributed by atoms with E-state index in [0.717, 1.165) is 6.42 Å². The SMILES string of the molecule is CC1C=CC2=C(Cc3ccccc3C=C2)C1. The van der Waals surface area contributed by atoms with Gasteiger partial charge in [-0.2, -0.15) is 0 Å². The molecule has 0 N–H and O–H groups in total. The van der Waals surface area contributed by atoms with Crippen LogP contribution in [-0.2, 0) is 6.42 Å². The molecule has 0 radical (unpaired) electrons. The Morgan fingerprint density at radius 3 is 2.88 bits per heavy atom. The van der Waals surface area contributed by atoms with E-state index >= 15 is 0 Å². The van der Waals surface area contributed by atoms with Crippen LogP contribution in [0.4, 0.5) is 0 Å². The summed E-state index contributed by atoms with van der Waals surface area (Å²) in [5.41, 5.74) is 5.86. The molecule has 2 aliphatic carbocycles. The van der Waals surface area contributed by atoms with Crippen molar-refractivity contribution in [2.45, 2.75) is 19.8 Å². The molecule has 1 atom stereocenters. The molecule has 0 aliphatic heterocycles. The Bertz CT molecular complexity index is 501. The van der Waals surface area contributed by atoms with Gasteiger partial charge < -0.3 is 0 Å². The summed E-state index contributed by atoms with van der Waals surface area (Å²) in [4.78, 5) is 0. The molecule has 0 aromatic heterocycles. The van der Waals surface area contributed by atoms with Crippen LogP contribution in [0.2, 0.25) is 0 Å². The highest BCUT2D eigenvalue weighted by Gasteiger charge is 2.15. The lowest BCUT2D eigenvalue weighted by atomic mass is 9.88. The molecular weight excluding hydrogens is 192 g/mol. The molecule has 0 bridgehead atoms. The van der Waals surface area contributed by atoms with Crippen LogP contribution in [-0.4, -0.2) is 0 Å². The number of allylic oxidation sites excluding steroid dienone is 5. The van der Waals surface area contributed by atoms with Gasteiger partial charge in [-0.25, -0.2) is 0 Å². The minimum absolute atomic E-state index is 0.692. The molecule has 16 heavy (non-hydrogen) atoms. The average molecular weight is 208 g/mol. The zero-order chi connectivity index (χ0) is 11.0. The highest BCUT2D eigenvalue weighted by molar-refractivity contribution is 5.62. The monoisotopic (exact) mass is 208 g/mol. The van der Waals surface area contributed by atoms with Crippen LogP contribution in [0.15, 0.2) is 53.6 Å². The fourth-order valence-electron chi connectivity index (χ4n) is 2.58. The smallest absolute Gasteiger partial charge is 0.00519 e. The van der Waals surface area contributed by atoms with Gasteiger partial charge >= 0.3 is 0 Å². The van der Waals surface area contributed by atoms with Gasteiger partial charge in [-0.1, -0.05) is 61.1 Å². The van der Waals surface area contributed by atoms with E-state index in [-0.39, 0.29) is 0 Å². The number of fused-ring (bicyclic) bond motifs is 1. The third kappa shape index (κ3) is 1.65. The third-order valence-corrected chi connectivity index (χ3v) is 3.48. The molecule has 80 valence electrons. The van der Waals surface area contributed by atoms with E-state index in [9.17, 15) is 0 Å². The van der Waals surface area contributed by atoms with Crippen molar-refractivity contribution in [3.05, 3.63) is 64.8 Å². The molecule has 0 spiro atoms. The summed E-state index contributed by atoms with van der Waals surface area (Å²) in [6.07, 6.45) is 11.4. The highest BCUT2D eigenvalue weighted by Crippen LogP contribution is 2.31. The Morgan fingerprint density at radius 2 is 1.94 bits per heavy atom. The fraction of sp³-hybridized carbons (Fsp3) is 0.250. The number of rotatable bonds is 0. The summed E-state index contributed by atoms with van der Waals surface area (Å²) in [6, 6.07) is 8.71. The van der Waals surface area contributed by atoms with E-state index in [2.05, 4.69) is 55.5 Å². The maximum Gasteiger partial charge on any atom is -0.00519 e. The van der Waals surface area contributed by atoms with Crippen LogP contribution in [0.1, 0.15) is 24.5 Å². The summed E-state index contributed by atoms with van der Waals surface area (Å²) in [5, 5.41) is 0. The van der Waals surface area contributed by atoms with Crippen molar-refractivity contribution in [3.8, 4) is 0 Å². The molecule has 2 aliphatic rings. The van der Waals surface area contributed by atoms with Gasteiger partial charge in [0.05, 0.1) is 0 Å². The second kappa shape index (κ2) is 3.79. The summed E-state index contributed by atoms with van der Waals surface area (Å²) < 4.78 is 0. The molecule has 0 nitrogen and oxygen atoms in total. The highest BCUT2D eigenvalue weighted by atomic mass is 14.2. The average Bonchev–Trinajstić information content (AvgIpc) is 2.47. The van der Waals surface area contributed by atoms with E-state index in [1.165, 1.54) is 23.1 Å². The van der Waals surface area contributed by atoms with Crippen molar-refractivity contribution in [2.75, 3.05) is 0 Å². The summed E-state index contributed by atoms with van der Waals surface area (Å²) in [6.45, 7) is 2.29. The van der Waals surface area contributed by atoms with Gasteiger partial charge in [0.25, 0.3) is 0 Å². The largest absolute Gasteiger partial charge is 0.0808 e. The molecule has 1 aromatic carbocycles. The second-order valence-corrected chi connectivity index (χ2v) is 4.81. The maximum atomic E-state index is 2.32. The molecule has 1 unspecified atom stereocenters. The van der Waals surface area contributed by atoms with Crippen molar-refractivity contribution in [2.24, 2.45) is 5.92 Å². The Kier molecular flexibility index (Phi) is 2.28. The first-order valence-electron chi connectivity index (χ1n) is 5.99. The van der Waals surface area contributed by atoms with Crippen molar-refractivity contribution in [3.63, 3.8) is 0 Å². The van der Waals surface area contributed by atoms with Crippen LogP contribution in [0.5, 0.6) is 0 Å². The second-order valence-electron chi connectivity index (χ2n) is 4.81. The fourth-order valence-corrected chi connectivity index (χ4v) is 2.58. The molecule has 0 heteroatoms. The lowest BCUT2D eigenvalue weighted by Gasteiger charge is -2.17. The van der Waals surface area contributed by atoms with Crippen LogP contribution in [0.25, 0.3) is 6.08 Å². The zero-order valence-corrected chi connectivity index (χ0v) is 9.61. The number of hydrogen-bond donors (Lipinski definition) is 0. The minimum Gasteiger partial charge on any atom is -0.0808 e. The molecular formula is C16H16. The van der Waals surface area contributed by atoms with Gasteiger partial charge in [0.1, 0.15) is 0 Å². The molecule has 1 aromatic rings. The molecule has 0 amide bonds. The number of hydrogen-bond acceptors (Lipinski definition) is 0. The first-order valence-corrected chi connectivity index (χ1v) is 5.99. The van der Waals surface area contributed by atoms with Crippen molar-refractivity contribution >= 4 is 6.08 Å². The summed E-state index contributed by atoms with van der Waals surface area (Å²) >= 11 is 0. The van der Waals surface area contributed by atoms with Gasteiger partial charge in [-0.15, -0.1) is 0 Å². The predicted octanol–water partition coefficient (Wildman–Crippen LogP) is 4.15. The van der Waals surface area contributed by atoms with Crippen LogP contribution < -0.4 is 0 Å². The lowest BCUT2D eigenvalue weighted by molar-refractivity contribution is 0.689. The van der Waals surface area contributed by atoms with E-state index in [1.54, 1.807) is 5.57 Å². The first-order chi connectivity index (χ1) is 7.83. The van der Waals surface area contributed by atoms with E-state index in [4.69, 9.17) is 0 Å². The van der Waals surface area contributed by atoms with Crippen molar-refractivity contribution < 1.29 is 0 Å². The lowest BCUT2D eigenvalue weighted by Crippen LogP contribution is -2.03.